The second kappa shape index (κ2) is 6.51. The van der Waals surface area contributed by atoms with Crippen molar-refractivity contribution in [3.05, 3.63) is 0 Å². The minimum atomic E-state index is -0.128. The van der Waals surface area contributed by atoms with Gasteiger partial charge in [0.15, 0.2) is 0 Å². The van der Waals surface area contributed by atoms with Crippen molar-refractivity contribution in [2.75, 3.05) is 0 Å². The molecule has 172 valence electrons. The molecular formula is C29H50O. The Bertz CT molecular complexity index is 694. The van der Waals surface area contributed by atoms with Crippen LogP contribution in [0.15, 0.2) is 0 Å². The summed E-state index contributed by atoms with van der Waals surface area (Å²) in [5.41, 5.74) is 2.51. The van der Waals surface area contributed by atoms with Gasteiger partial charge in [-0.15, -0.1) is 0 Å². The fourth-order valence-electron chi connectivity index (χ4n) is 11.6. The fourth-order valence-corrected chi connectivity index (χ4v) is 11.6. The first kappa shape index (κ1) is 21.8. The van der Waals surface area contributed by atoms with Gasteiger partial charge in [-0.2, -0.15) is 0 Å². The third kappa shape index (κ3) is 2.57. The summed E-state index contributed by atoms with van der Waals surface area (Å²) in [6.45, 7) is 18.1. The first-order valence-corrected chi connectivity index (χ1v) is 13.6. The van der Waals surface area contributed by atoms with E-state index in [4.69, 9.17) is 0 Å². The molecule has 0 saturated heterocycles. The lowest BCUT2D eigenvalue weighted by Crippen LogP contribution is -2.65. The van der Waals surface area contributed by atoms with Gasteiger partial charge < -0.3 is 5.11 Å². The van der Waals surface area contributed by atoms with Crippen LogP contribution in [0.2, 0.25) is 0 Å². The molecule has 0 spiro atoms. The zero-order valence-electron chi connectivity index (χ0n) is 21.2. The number of rotatable bonds is 1. The van der Waals surface area contributed by atoms with Gasteiger partial charge in [-0.1, -0.05) is 48.0 Å². The molecule has 1 heteroatoms. The Hall–Kier alpha value is -0.0400. The van der Waals surface area contributed by atoms with Crippen molar-refractivity contribution in [3.63, 3.8) is 0 Å². The van der Waals surface area contributed by atoms with Gasteiger partial charge in [-0.25, -0.2) is 0 Å². The molecule has 0 aromatic carbocycles. The number of aliphatic hydroxyl groups excluding tert-OH is 1. The first-order valence-electron chi connectivity index (χ1n) is 13.6. The molecule has 0 aromatic rings. The molecule has 0 bridgehead atoms. The van der Waals surface area contributed by atoms with Crippen LogP contribution in [-0.4, -0.2) is 11.2 Å². The van der Waals surface area contributed by atoms with Crippen molar-refractivity contribution in [1.29, 1.82) is 0 Å². The molecule has 5 saturated carbocycles. The van der Waals surface area contributed by atoms with Gasteiger partial charge in [-0.3, -0.25) is 0 Å². The Morgan fingerprint density at radius 3 is 2.13 bits per heavy atom. The molecule has 5 rings (SSSR count). The van der Waals surface area contributed by atoms with Gasteiger partial charge in [0.25, 0.3) is 0 Å². The molecule has 0 aliphatic heterocycles. The number of hydrogen-bond acceptors (Lipinski definition) is 1. The highest BCUT2D eigenvalue weighted by Crippen LogP contribution is 2.77. The maximum Gasteiger partial charge on any atom is 0.0543 e. The van der Waals surface area contributed by atoms with Crippen LogP contribution in [0.25, 0.3) is 0 Å². The Balaban J connectivity index is 1.54. The van der Waals surface area contributed by atoms with E-state index in [0.29, 0.717) is 33.0 Å². The highest BCUT2D eigenvalue weighted by molar-refractivity contribution is 5.18. The maximum absolute atomic E-state index is 10.7. The topological polar surface area (TPSA) is 20.2 Å². The molecule has 8 unspecified atom stereocenters. The molecule has 0 heterocycles. The Kier molecular flexibility index (Phi) is 4.73. The predicted octanol–water partition coefficient (Wildman–Crippen LogP) is 7.86. The quantitative estimate of drug-likeness (QED) is 0.463. The van der Waals surface area contributed by atoms with E-state index >= 15 is 0 Å². The number of fused-ring (bicyclic) bond motifs is 7. The molecule has 5 aliphatic carbocycles. The number of hydrogen-bond donors (Lipinski definition) is 1. The normalized spacial score (nSPS) is 58.2. The van der Waals surface area contributed by atoms with E-state index in [-0.39, 0.29) is 6.10 Å². The highest BCUT2D eigenvalue weighted by Gasteiger charge is 2.69. The van der Waals surface area contributed by atoms with Crippen LogP contribution < -0.4 is 0 Å². The zero-order chi connectivity index (χ0) is 21.7. The van der Waals surface area contributed by atoms with Gasteiger partial charge >= 0.3 is 0 Å². The van der Waals surface area contributed by atoms with E-state index in [9.17, 15) is 5.11 Å². The van der Waals surface area contributed by atoms with E-state index in [0.717, 1.165) is 23.7 Å². The smallest absolute Gasteiger partial charge is 0.0543 e. The zero-order valence-corrected chi connectivity index (χ0v) is 21.2. The minimum absolute atomic E-state index is 0.128. The number of aliphatic hydroxyl groups is 1. The van der Waals surface area contributed by atoms with Crippen molar-refractivity contribution >= 4 is 0 Å². The van der Waals surface area contributed by atoms with E-state index in [1.54, 1.807) is 0 Å². The van der Waals surface area contributed by atoms with Crippen molar-refractivity contribution in [3.8, 4) is 0 Å². The average molecular weight is 415 g/mol. The lowest BCUT2D eigenvalue weighted by Gasteiger charge is -2.72. The summed E-state index contributed by atoms with van der Waals surface area (Å²) in [5, 5.41) is 10.7. The first-order chi connectivity index (χ1) is 13.9. The van der Waals surface area contributed by atoms with Gasteiger partial charge in [0.1, 0.15) is 0 Å². The summed E-state index contributed by atoms with van der Waals surface area (Å²) in [5.74, 6) is 3.95. The van der Waals surface area contributed by atoms with Gasteiger partial charge in [0.05, 0.1) is 6.10 Å². The van der Waals surface area contributed by atoms with Crippen LogP contribution >= 0.6 is 0 Å². The monoisotopic (exact) mass is 414 g/mol. The molecule has 0 amide bonds. The second-order valence-corrected chi connectivity index (χ2v) is 14.6. The van der Waals surface area contributed by atoms with Crippen LogP contribution in [0.3, 0.4) is 0 Å². The Labute approximate surface area is 187 Å². The molecule has 5 aliphatic rings. The summed E-state index contributed by atoms with van der Waals surface area (Å²) in [4.78, 5) is 0. The summed E-state index contributed by atoms with van der Waals surface area (Å²) in [6.07, 6.45) is 15.5. The van der Waals surface area contributed by atoms with E-state index in [1.165, 1.54) is 70.6 Å². The predicted molar refractivity (Wildman–Crippen MR) is 126 cm³/mol. The lowest BCUT2D eigenvalue weighted by molar-refractivity contribution is -0.237. The van der Waals surface area contributed by atoms with Crippen molar-refractivity contribution in [2.24, 2.45) is 56.7 Å². The van der Waals surface area contributed by atoms with Crippen LogP contribution in [0.1, 0.15) is 119 Å². The van der Waals surface area contributed by atoms with Crippen LogP contribution in [-0.2, 0) is 0 Å². The Morgan fingerprint density at radius 2 is 1.43 bits per heavy atom. The highest BCUT2D eigenvalue weighted by atomic mass is 16.3. The van der Waals surface area contributed by atoms with Crippen molar-refractivity contribution in [1.82, 2.24) is 0 Å². The van der Waals surface area contributed by atoms with E-state index in [1.807, 2.05) is 0 Å². The molecule has 0 radical (unpaired) electrons. The van der Waals surface area contributed by atoms with Gasteiger partial charge in [0.2, 0.25) is 0 Å². The van der Waals surface area contributed by atoms with Crippen molar-refractivity contribution in [2.45, 2.75) is 125 Å². The summed E-state index contributed by atoms with van der Waals surface area (Å²) in [7, 11) is 0. The van der Waals surface area contributed by atoms with Crippen LogP contribution in [0.4, 0.5) is 0 Å². The van der Waals surface area contributed by atoms with Gasteiger partial charge in [0, 0.05) is 0 Å². The van der Waals surface area contributed by atoms with E-state index < -0.39 is 0 Å². The third-order valence-electron chi connectivity index (χ3n) is 13.3. The SMILES string of the molecule is C[C@H](O)C1CCC2(C)CC[C@]3(C)C(CCC4C5(C)CCCC(C)(C)C5CCC43C)C12. The average Bonchev–Trinajstić information content (AvgIpc) is 2.99. The van der Waals surface area contributed by atoms with E-state index in [2.05, 4.69) is 48.5 Å². The molecular weight excluding hydrogens is 364 g/mol. The largest absolute Gasteiger partial charge is 0.393 e. The summed E-state index contributed by atoms with van der Waals surface area (Å²) < 4.78 is 0. The lowest BCUT2D eigenvalue weighted by atomic mass is 9.32. The standard InChI is InChI=1S/C29H50O/c1-19(30)20-11-15-26(4)17-18-28(6)21(24(20)26)9-10-23-27(5)14-8-13-25(2,3)22(27)12-16-29(23,28)7/h19-24,30H,8-18H2,1-7H3/t19-,20?,21?,22?,23?,24?,26?,27?,28+,29?/m0/s1. The summed E-state index contributed by atoms with van der Waals surface area (Å²) >= 11 is 0. The third-order valence-corrected chi connectivity index (χ3v) is 13.3. The minimum Gasteiger partial charge on any atom is -0.393 e. The van der Waals surface area contributed by atoms with Crippen molar-refractivity contribution < 1.29 is 5.11 Å². The Morgan fingerprint density at radius 1 is 0.700 bits per heavy atom. The van der Waals surface area contributed by atoms with Crippen LogP contribution in [0.5, 0.6) is 0 Å². The summed E-state index contributed by atoms with van der Waals surface area (Å²) in [6, 6.07) is 0. The maximum atomic E-state index is 10.7. The van der Waals surface area contributed by atoms with Gasteiger partial charge in [-0.05, 0) is 128 Å². The molecule has 5 fully saturated rings. The fraction of sp³-hybridized carbons (Fsp3) is 1.00. The molecule has 1 nitrogen and oxygen atoms in total. The molecule has 30 heavy (non-hydrogen) atoms. The second-order valence-electron chi connectivity index (χ2n) is 14.6. The molecule has 1 N–H and O–H groups in total. The van der Waals surface area contributed by atoms with Crippen LogP contribution in [0, 0.1) is 56.7 Å². The molecule has 0 aromatic heterocycles. The molecule has 10 atom stereocenters.